The maximum absolute atomic E-state index is 14.8. The van der Waals surface area contributed by atoms with E-state index >= 15 is 0 Å². The molecule has 0 aromatic heterocycles. The molecule has 5 rings (SSSR count). The Morgan fingerprint density at radius 2 is 1.90 bits per heavy atom. The molecule has 4 fully saturated rings. The van der Waals surface area contributed by atoms with Crippen LogP contribution in [-0.4, -0.2) is 81.8 Å². The van der Waals surface area contributed by atoms with Crippen LogP contribution in [0.25, 0.3) is 0 Å². The van der Waals surface area contributed by atoms with E-state index in [1.54, 1.807) is 11.0 Å². The Hall–Kier alpha value is -2.97. The maximum atomic E-state index is 14.8. The number of ether oxygens (including phenoxy) is 2. The molecule has 3 aliphatic heterocycles. The number of carbonyl (C=O) groups is 3. The van der Waals surface area contributed by atoms with Crippen molar-refractivity contribution in [2.45, 2.75) is 88.1 Å². The highest BCUT2D eigenvalue weighted by atomic mass is 16.6. The van der Waals surface area contributed by atoms with Gasteiger partial charge in [-0.2, -0.15) is 0 Å². The molecule has 2 amide bonds. The van der Waals surface area contributed by atoms with Gasteiger partial charge in [-0.3, -0.25) is 14.4 Å². The van der Waals surface area contributed by atoms with Crippen LogP contribution in [0.1, 0.15) is 57.9 Å². The molecule has 2 bridgehead atoms. The van der Waals surface area contributed by atoms with E-state index in [-0.39, 0.29) is 37.0 Å². The zero-order valence-electron chi connectivity index (χ0n) is 24.4. The molecule has 4 aliphatic rings. The van der Waals surface area contributed by atoms with Crippen LogP contribution in [0.15, 0.2) is 55.6 Å². The number of amides is 2. The third kappa shape index (κ3) is 4.83. The average Bonchev–Trinajstić information content (AvgIpc) is 3.50. The van der Waals surface area contributed by atoms with E-state index in [4.69, 9.17) is 9.47 Å². The zero-order valence-corrected chi connectivity index (χ0v) is 24.4. The highest BCUT2D eigenvalue weighted by molar-refractivity contribution is 5.99. The molecule has 3 heterocycles. The smallest absolute Gasteiger partial charge is 0.313 e. The van der Waals surface area contributed by atoms with Crippen molar-refractivity contribution >= 4 is 17.8 Å². The first-order valence-corrected chi connectivity index (χ1v) is 15.1. The number of aliphatic hydroxyl groups is 1. The molecular formula is C33H44N2O6. The van der Waals surface area contributed by atoms with Gasteiger partial charge < -0.3 is 24.4 Å². The van der Waals surface area contributed by atoms with Crippen LogP contribution in [0.2, 0.25) is 0 Å². The van der Waals surface area contributed by atoms with E-state index in [1.165, 1.54) is 6.08 Å². The van der Waals surface area contributed by atoms with Gasteiger partial charge in [0.05, 0.1) is 24.2 Å². The molecule has 3 saturated heterocycles. The lowest BCUT2D eigenvalue weighted by Gasteiger charge is -2.42. The molecule has 1 aromatic carbocycles. The minimum absolute atomic E-state index is 0.0296. The topological polar surface area (TPSA) is 96.4 Å². The molecule has 41 heavy (non-hydrogen) atoms. The summed E-state index contributed by atoms with van der Waals surface area (Å²) in [6.45, 7) is 11.5. The molecule has 1 spiro atoms. The third-order valence-corrected chi connectivity index (χ3v) is 10.1. The Morgan fingerprint density at radius 1 is 1.20 bits per heavy atom. The fourth-order valence-electron chi connectivity index (χ4n) is 8.18. The van der Waals surface area contributed by atoms with E-state index in [0.717, 1.165) is 37.7 Å². The molecule has 8 heteroatoms. The Balaban J connectivity index is 1.61. The fraction of sp³-hybridized carbons (Fsp3) is 0.606. The number of fused-ring (bicyclic) bond motifs is 1. The second-order valence-corrected chi connectivity index (χ2v) is 12.5. The summed E-state index contributed by atoms with van der Waals surface area (Å²) in [6.07, 6.45) is 9.11. The number of aliphatic hydroxyl groups excluding tert-OH is 1. The standard InChI is InChI=1S/C33H44N2O6/c1-5-17-34(24-15-11-8-12-16-24)30(38)28-33-20-22(3)32(4,41-33)27(31(39)40-18-6-2)26(33)29(37)35(28)25(21-36)19-23-13-9-7-10-14-23/h5-7,9-10,13-14,22,24-28,36H,1-2,8,11-12,15-21H2,3-4H3/t22?,25-,26+,27+,28?,32-,33?/m1/s1. The lowest BCUT2D eigenvalue weighted by molar-refractivity contribution is -0.163. The molecule has 3 unspecified atom stereocenters. The molecule has 1 aliphatic carbocycles. The van der Waals surface area contributed by atoms with Gasteiger partial charge >= 0.3 is 5.97 Å². The second kappa shape index (κ2) is 11.7. The molecule has 7 atom stereocenters. The maximum Gasteiger partial charge on any atom is 0.313 e. The van der Waals surface area contributed by atoms with Crippen LogP contribution < -0.4 is 0 Å². The predicted octanol–water partition coefficient (Wildman–Crippen LogP) is 3.68. The highest BCUT2D eigenvalue weighted by Gasteiger charge is 2.80. The van der Waals surface area contributed by atoms with Crippen LogP contribution in [0.4, 0.5) is 0 Å². The quantitative estimate of drug-likeness (QED) is 0.326. The first kappa shape index (κ1) is 29.5. The van der Waals surface area contributed by atoms with Gasteiger partial charge in [-0.25, -0.2) is 0 Å². The van der Waals surface area contributed by atoms with Crippen molar-refractivity contribution in [3.63, 3.8) is 0 Å². The van der Waals surface area contributed by atoms with Gasteiger partial charge in [0.2, 0.25) is 11.8 Å². The Labute approximate surface area is 243 Å². The van der Waals surface area contributed by atoms with Gasteiger partial charge in [0, 0.05) is 12.6 Å². The van der Waals surface area contributed by atoms with Gasteiger partial charge in [-0.1, -0.05) is 75.2 Å². The summed E-state index contributed by atoms with van der Waals surface area (Å²) in [6, 6.07) is 8.06. The van der Waals surface area contributed by atoms with E-state index in [0.29, 0.717) is 19.4 Å². The second-order valence-electron chi connectivity index (χ2n) is 12.5. The normalized spacial score (nSPS) is 33.3. The van der Waals surface area contributed by atoms with Gasteiger partial charge in [0.25, 0.3) is 0 Å². The van der Waals surface area contributed by atoms with Crippen molar-refractivity contribution in [3.8, 4) is 0 Å². The molecule has 1 aromatic rings. The largest absolute Gasteiger partial charge is 0.461 e. The Bertz CT molecular complexity index is 1170. The average molecular weight is 565 g/mol. The molecule has 8 nitrogen and oxygen atoms in total. The van der Waals surface area contributed by atoms with E-state index < -0.39 is 41.1 Å². The molecule has 1 N–H and O–H groups in total. The molecule has 0 radical (unpaired) electrons. The van der Waals surface area contributed by atoms with Crippen molar-refractivity contribution in [2.75, 3.05) is 19.8 Å². The number of likely N-dealkylation sites (tertiary alicyclic amines) is 1. The van der Waals surface area contributed by atoms with Crippen LogP contribution in [0.5, 0.6) is 0 Å². The lowest BCUT2D eigenvalue weighted by atomic mass is 9.62. The number of esters is 1. The molecule has 1 saturated carbocycles. The van der Waals surface area contributed by atoms with Crippen molar-refractivity contribution < 1.29 is 29.0 Å². The van der Waals surface area contributed by atoms with Gasteiger partial charge in [-0.15, -0.1) is 6.58 Å². The first-order valence-electron chi connectivity index (χ1n) is 15.1. The molecule has 222 valence electrons. The summed E-state index contributed by atoms with van der Waals surface area (Å²) in [7, 11) is 0. The van der Waals surface area contributed by atoms with Crippen molar-refractivity contribution in [1.29, 1.82) is 0 Å². The summed E-state index contributed by atoms with van der Waals surface area (Å²) in [4.78, 5) is 46.4. The minimum Gasteiger partial charge on any atom is -0.461 e. The fourth-order valence-corrected chi connectivity index (χ4v) is 8.18. The van der Waals surface area contributed by atoms with Gasteiger partial charge in [-0.05, 0) is 44.1 Å². The lowest BCUT2D eigenvalue weighted by Crippen LogP contribution is -2.60. The molecular weight excluding hydrogens is 520 g/mol. The van der Waals surface area contributed by atoms with Crippen molar-refractivity contribution in [3.05, 3.63) is 61.2 Å². The Kier molecular flexibility index (Phi) is 8.44. The van der Waals surface area contributed by atoms with E-state index in [9.17, 15) is 19.5 Å². The monoisotopic (exact) mass is 564 g/mol. The van der Waals surface area contributed by atoms with Crippen LogP contribution in [0.3, 0.4) is 0 Å². The highest BCUT2D eigenvalue weighted by Crippen LogP contribution is 2.65. The number of nitrogens with zero attached hydrogens (tertiary/aromatic N) is 2. The number of hydrogen-bond donors (Lipinski definition) is 1. The number of hydrogen-bond acceptors (Lipinski definition) is 6. The Morgan fingerprint density at radius 3 is 2.54 bits per heavy atom. The summed E-state index contributed by atoms with van der Waals surface area (Å²) in [5.74, 6) is -2.85. The van der Waals surface area contributed by atoms with Gasteiger partial charge in [0.15, 0.2) is 0 Å². The zero-order chi connectivity index (χ0) is 29.4. The minimum atomic E-state index is -1.20. The first-order chi connectivity index (χ1) is 19.7. The SMILES string of the molecule is C=CCOC(=O)[C@@H]1[C@H]2C(=O)N([C@@H](CO)Cc3ccccc3)C(C(=O)N(CC=C)C3CCCCC3)C23CC(C)[C@@]1(C)O3. The van der Waals surface area contributed by atoms with Gasteiger partial charge in [0.1, 0.15) is 24.2 Å². The van der Waals surface area contributed by atoms with Crippen molar-refractivity contribution in [2.24, 2.45) is 17.8 Å². The summed E-state index contributed by atoms with van der Waals surface area (Å²) >= 11 is 0. The summed E-state index contributed by atoms with van der Waals surface area (Å²) in [5, 5.41) is 10.7. The number of benzene rings is 1. The van der Waals surface area contributed by atoms with Crippen LogP contribution in [-0.2, 0) is 30.3 Å². The van der Waals surface area contributed by atoms with Crippen LogP contribution >= 0.6 is 0 Å². The summed E-state index contributed by atoms with van der Waals surface area (Å²) in [5.41, 5.74) is -1.20. The van der Waals surface area contributed by atoms with Crippen molar-refractivity contribution in [1.82, 2.24) is 9.80 Å². The number of rotatable bonds is 11. The number of carbonyl (C=O) groups excluding carboxylic acids is 3. The van der Waals surface area contributed by atoms with E-state index in [2.05, 4.69) is 13.2 Å². The summed E-state index contributed by atoms with van der Waals surface area (Å²) < 4.78 is 12.4. The van der Waals surface area contributed by atoms with E-state index in [1.807, 2.05) is 49.1 Å². The third-order valence-electron chi connectivity index (χ3n) is 10.1. The van der Waals surface area contributed by atoms with Crippen LogP contribution in [0, 0.1) is 17.8 Å². The predicted molar refractivity (Wildman–Crippen MR) is 155 cm³/mol.